The van der Waals surface area contributed by atoms with Crippen LogP contribution >= 0.6 is 15.9 Å². The number of halogens is 2. The molecule has 5 heteroatoms. The maximum Gasteiger partial charge on any atom is 0.175 e. The van der Waals surface area contributed by atoms with E-state index in [0.29, 0.717) is 24.7 Å². The van der Waals surface area contributed by atoms with Crippen LogP contribution in [0.15, 0.2) is 16.6 Å². The van der Waals surface area contributed by atoms with Gasteiger partial charge in [0.1, 0.15) is 13.3 Å². The Labute approximate surface area is 103 Å². The van der Waals surface area contributed by atoms with Crippen molar-refractivity contribution in [2.75, 3.05) is 19.9 Å². The lowest BCUT2D eigenvalue weighted by atomic mass is 10.2. The highest BCUT2D eigenvalue weighted by atomic mass is 79.9. The van der Waals surface area contributed by atoms with Crippen molar-refractivity contribution in [1.82, 2.24) is 0 Å². The fourth-order valence-corrected chi connectivity index (χ4v) is 1.89. The van der Waals surface area contributed by atoms with E-state index >= 15 is 0 Å². The highest BCUT2D eigenvalue weighted by Gasteiger charge is 2.11. The van der Waals surface area contributed by atoms with Gasteiger partial charge in [-0.2, -0.15) is 0 Å². The summed E-state index contributed by atoms with van der Waals surface area (Å²) >= 11 is 3.36. The molecular weight excluding hydrogens is 277 g/mol. The van der Waals surface area contributed by atoms with Crippen LogP contribution in [0.3, 0.4) is 0 Å². The molecule has 0 spiro atoms. The van der Waals surface area contributed by atoms with Crippen LogP contribution in [0.4, 0.5) is 4.39 Å². The third-order valence-corrected chi connectivity index (χ3v) is 2.52. The highest BCUT2D eigenvalue weighted by molar-refractivity contribution is 9.10. The summed E-state index contributed by atoms with van der Waals surface area (Å²) in [5.41, 5.74) is 6.49. The van der Waals surface area contributed by atoms with Crippen LogP contribution in [-0.4, -0.2) is 19.9 Å². The van der Waals surface area contributed by atoms with Crippen LogP contribution in [0.5, 0.6) is 11.5 Å². The summed E-state index contributed by atoms with van der Waals surface area (Å²) in [6, 6.07) is 3.65. The smallest absolute Gasteiger partial charge is 0.175 e. The van der Waals surface area contributed by atoms with Crippen molar-refractivity contribution >= 4 is 15.9 Å². The van der Waals surface area contributed by atoms with Gasteiger partial charge < -0.3 is 15.2 Å². The Morgan fingerprint density at radius 1 is 1.38 bits per heavy atom. The first kappa shape index (κ1) is 13.3. The Bertz CT molecular complexity index is 347. The average molecular weight is 292 g/mol. The molecule has 0 aromatic heterocycles. The van der Waals surface area contributed by atoms with Crippen molar-refractivity contribution in [2.24, 2.45) is 5.73 Å². The van der Waals surface area contributed by atoms with Gasteiger partial charge in [0, 0.05) is 6.54 Å². The molecule has 0 aliphatic heterocycles. The van der Waals surface area contributed by atoms with E-state index in [0.717, 1.165) is 10.0 Å². The van der Waals surface area contributed by atoms with Gasteiger partial charge in [-0.3, -0.25) is 0 Å². The first-order valence-electron chi connectivity index (χ1n) is 5.07. The third kappa shape index (κ3) is 3.35. The lowest BCUT2D eigenvalue weighted by Crippen LogP contribution is -2.05. The number of nitrogens with two attached hydrogens (primary N) is 1. The summed E-state index contributed by atoms with van der Waals surface area (Å²) in [5, 5.41) is 0. The lowest BCUT2D eigenvalue weighted by Gasteiger charge is -2.14. The number of benzene rings is 1. The summed E-state index contributed by atoms with van der Waals surface area (Å²) in [6.07, 6.45) is 0. The highest BCUT2D eigenvalue weighted by Crippen LogP contribution is 2.36. The molecule has 0 saturated heterocycles. The zero-order chi connectivity index (χ0) is 12.0. The second kappa shape index (κ2) is 6.70. The molecule has 0 bridgehead atoms. The number of rotatable bonds is 6. The molecule has 0 heterocycles. The zero-order valence-electron chi connectivity index (χ0n) is 9.13. The second-order valence-electron chi connectivity index (χ2n) is 3.08. The molecule has 16 heavy (non-hydrogen) atoms. The second-order valence-corrected chi connectivity index (χ2v) is 3.93. The van der Waals surface area contributed by atoms with Gasteiger partial charge in [-0.15, -0.1) is 0 Å². The predicted octanol–water partition coefficient (Wildman–Crippen LogP) is 2.65. The Kier molecular flexibility index (Phi) is 5.55. The van der Waals surface area contributed by atoms with Gasteiger partial charge in [0.05, 0.1) is 11.1 Å². The summed E-state index contributed by atoms with van der Waals surface area (Å²) in [4.78, 5) is 0. The molecule has 90 valence electrons. The van der Waals surface area contributed by atoms with Gasteiger partial charge >= 0.3 is 0 Å². The van der Waals surface area contributed by atoms with Crippen LogP contribution < -0.4 is 15.2 Å². The van der Waals surface area contributed by atoms with E-state index in [9.17, 15) is 4.39 Å². The minimum absolute atomic E-state index is 0.0145. The van der Waals surface area contributed by atoms with E-state index in [-0.39, 0.29) is 6.61 Å². The zero-order valence-corrected chi connectivity index (χ0v) is 10.7. The molecule has 1 rings (SSSR count). The lowest BCUT2D eigenvalue weighted by molar-refractivity contribution is 0.250. The van der Waals surface area contributed by atoms with E-state index < -0.39 is 6.67 Å². The minimum atomic E-state index is -0.531. The Hall–Kier alpha value is -0.810. The molecule has 0 radical (unpaired) electrons. The monoisotopic (exact) mass is 291 g/mol. The summed E-state index contributed by atoms with van der Waals surface area (Å²) < 4.78 is 23.5. The van der Waals surface area contributed by atoms with Crippen molar-refractivity contribution in [1.29, 1.82) is 0 Å². The fourth-order valence-electron chi connectivity index (χ4n) is 1.28. The minimum Gasteiger partial charge on any atom is -0.490 e. The molecule has 0 saturated carbocycles. The van der Waals surface area contributed by atoms with Crippen LogP contribution in [0, 0.1) is 0 Å². The van der Waals surface area contributed by atoms with Crippen molar-refractivity contribution in [2.45, 2.75) is 13.5 Å². The third-order valence-electron chi connectivity index (χ3n) is 1.93. The quantitative estimate of drug-likeness (QED) is 0.876. The van der Waals surface area contributed by atoms with E-state index in [1.54, 1.807) is 0 Å². The molecule has 0 aliphatic carbocycles. The number of hydrogen-bond donors (Lipinski definition) is 1. The van der Waals surface area contributed by atoms with Crippen LogP contribution in [0.25, 0.3) is 0 Å². The van der Waals surface area contributed by atoms with E-state index in [1.165, 1.54) is 0 Å². The first-order chi connectivity index (χ1) is 7.72. The molecule has 2 N–H and O–H groups in total. The van der Waals surface area contributed by atoms with Crippen molar-refractivity contribution in [3.8, 4) is 11.5 Å². The maximum absolute atomic E-state index is 12.1. The van der Waals surface area contributed by atoms with Gasteiger partial charge in [0.15, 0.2) is 11.5 Å². The molecule has 1 aromatic carbocycles. The Morgan fingerprint density at radius 2 is 2.12 bits per heavy atom. The molecule has 1 aromatic rings. The van der Waals surface area contributed by atoms with Crippen LogP contribution in [0.2, 0.25) is 0 Å². The molecule has 0 unspecified atom stereocenters. The topological polar surface area (TPSA) is 44.5 Å². The predicted molar refractivity (Wildman–Crippen MR) is 64.7 cm³/mol. The first-order valence-corrected chi connectivity index (χ1v) is 5.86. The van der Waals surface area contributed by atoms with E-state index in [2.05, 4.69) is 15.9 Å². The number of hydrogen-bond acceptors (Lipinski definition) is 3. The van der Waals surface area contributed by atoms with Gasteiger partial charge in [-0.1, -0.05) is 0 Å². The van der Waals surface area contributed by atoms with E-state index in [1.807, 2.05) is 19.1 Å². The molecule has 3 nitrogen and oxygen atoms in total. The SMILES string of the molecule is CCOc1cc(CN)cc(Br)c1OCCF. The van der Waals surface area contributed by atoms with E-state index in [4.69, 9.17) is 15.2 Å². The summed E-state index contributed by atoms with van der Waals surface area (Å²) in [7, 11) is 0. The fraction of sp³-hybridized carbons (Fsp3) is 0.455. The maximum atomic E-state index is 12.1. The standard InChI is InChI=1S/C11H15BrFNO2/c1-2-15-10-6-8(7-14)5-9(12)11(10)16-4-3-13/h5-6H,2-4,7,14H2,1H3. The molecule has 0 aliphatic rings. The number of ether oxygens (including phenoxy) is 2. The largest absolute Gasteiger partial charge is 0.490 e. The number of alkyl halides is 1. The van der Waals surface area contributed by atoms with Crippen LogP contribution in [-0.2, 0) is 6.54 Å². The van der Waals surface area contributed by atoms with Gasteiger partial charge in [0.2, 0.25) is 0 Å². The average Bonchev–Trinajstić information content (AvgIpc) is 2.28. The normalized spacial score (nSPS) is 10.2. The Morgan fingerprint density at radius 3 is 2.69 bits per heavy atom. The summed E-state index contributed by atoms with van der Waals surface area (Å²) in [6.45, 7) is 2.30. The summed E-state index contributed by atoms with van der Waals surface area (Å²) in [5.74, 6) is 1.11. The molecule has 0 amide bonds. The molecular formula is C11H15BrFNO2. The molecule has 0 atom stereocenters. The Balaban J connectivity index is 3.01. The van der Waals surface area contributed by atoms with Crippen molar-refractivity contribution < 1.29 is 13.9 Å². The van der Waals surface area contributed by atoms with Crippen molar-refractivity contribution in [3.63, 3.8) is 0 Å². The van der Waals surface area contributed by atoms with Gasteiger partial charge in [0.25, 0.3) is 0 Å². The van der Waals surface area contributed by atoms with Crippen LogP contribution in [0.1, 0.15) is 12.5 Å². The van der Waals surface area contributed by atoms with Gasteiger partial charge in [-0.25, -0.2) is 4.39 Å². The van der Waals surface area contributed by atoms with Gasteiger partial charge in [-0.05, 0) is 40.5 Å². The van der Waals surface area contributed by atoms with Crippen molar-refractivity contribution in [3.05, 3.63) is 22.2 Å². The molecule has 0 fully saturated rings.